The Morgan fingerprint density at radius 2 is 2.13 bits per heavy atom. The van der Waals surface area contributed by atoms with Crippen LogP contribution in [0.15, 0.2) is 23.2 Å². The number of aliphatic imine (C=N–C) groups is 1. The molecule has 1 aromatic carbocycles. The van der Waals surface area contributed by atoms with E-state index in [0.717, 1.165) is 51.3 Å². The highest BCUT2D eigenvalue weighted by atomic mass is 19.1. The van der Waals surface area contributed by atoms with Crippen molar-refractivity contribution in [3.05, 3.63) is 29.6 Å². The number of rotatable bonds is 8. The minimum atomic E-state index is -0.164. The van der Waals surface area contributed by atoms with Gasteiger partial charge in [0, 0.05) is 52.4 Å². The van der Waals surface area contributed by atoms with Gasteiger partial charge in [0.1, 0.15) is 5.82 Å². The number of nitrogens with one attached hydrogen (secondary N) is 2. The lowest BCUT2D eigenvalue weighted by Gasteiger charge is -2.35. The van der Waals surface area contributed by atoms with Gasteiger partial charge in [0.25, 0.3) is 0 Å². The second-order valence-electron chi connectivity index (χ2n) is 8.00. The summed E-state index contributed by atoms with van der Waals surface area (Å²) in [5.41, 5.74) is 1.58. The average molecular weight is 422 g/mol. The molecule has 2 atom stereocenters. The molecule has 0 aliphatic carbocycles. The molecule has 8 heteroatoms. The van der Waals surface area contributed by atoms with E-state index in [0.29, 0.717) is 31.4 Å². The summed E-state index contributed by atoms with van der Waals surface area (Å²) in [6.45, 7) is 11.5. The van der Waals surface area contributed by atoms with E-state index in [1.165, 1.54) is 0 Å². The van der Waals surface area contributed by atoms with Crippen molar-refractivity contribution in [1.29, 1.82) is 0 Å². The molecule has 1 aromatic rings. The molecule has 30 heavy (non-hydrogen) atoms. The summed E-state index contributed by atoms with van der Waals surface area (Å²) in [5, 5.41) is 6.57. The molecule has 2 aliphatic heterocycles. The first-order valence-corrected chi connectivity index (χ1v) is 11.0. The maximum atomic E-state index is 14.7. The predicted octanol–water partition coefficient (Wildman–Crippen LogP) is 1.83. The third-order valence-corrected chi connectivity index (χ3v) is 5.71. The number of hydrogen-bond acceptors (Lipinski definition) is 5. The van der Waals surface area contributed by atoms with Gasteiger partial charge in [-0.25, -0.2) is 4.39 Å². The number of nitrogens with zero attached hydrogens (tertiary/aromatic N) is 3. The van der Waals surface area contributed by atoms with Crippen molar-refractivity contribution >= 4 is 11.6 Å². The van der Waals surface area contributed by atoms with Gasteiger partial charge in [-0.15, -0.1) is 0 Å². The van der Waals surface area contributed by atoms with E-state index >= 15 is 0 Å². The van der Waals surface area contributed by atoms with Gasteiger partial charge in [-0.05, 0) is 37.6 Å². The van der Waals surface area contributed by atoms with Crippen LogP contribution >= 0.6 is 0 Å². The first-order valence-electron chi connectivity index (χ1n) is 11.0. The molecule has 0 amide bonds. The Hall–Kier alpha value is -1.90. The molecule has 2 heterocycles. The number of benzene rings is 1. The average Bonchev–Trinajstić information content (AvgIpc) is 3.29. The topological polar surface area (TPSA) is 61.4 Å². The zero-order chi connectivity index (χ0) is 21.3. The van der Waals surface area contributed by atoms with Crippen LogP contribution in [0.5, 0.6) is 0 Å². The van der Waals surface area contributed by atoms with Crippen molar-refractivity contribution in [2.24, 2.45) is 4.99 Å². The van der Waals surface area contributed by atoms with Gasteiger partial charge in [0.2, 0.25) is 0 Å². The first kappa shape index (κ1) is 22.8. The van der Waals surface area contributed by atoms with Crippen LogP contribution in [0.3, 0.4) is 0 Å². The Kier molecular flexibility index (Phi) is 8.72. The molecule has 7 nitrogen and oxygen atoms in total. The van der Waals surface area contributed by atoms with Crippen LogP contribution in [0, 0.1) is 5.82 Å². The predicted molar refractivity (Wildman–Crippen MR) is 119 cm³/mol. The van der Waals surface area contributed by atoms with Crippen molar-refractivity contribution in [2.45, 2.75) is 39.0 Å². The number of likely N-dealkylation sites (N-methyl/N-ethyl adjacent to an activating group) is 1. The Morgan fingerprint density at radius 1 is 1.33 bits per heavy atom. The molecule has 0 radical (unpaired) electrons. The normalized spacial score (nSPS) is 21.7. The van der Waals surface area contributed by atoms with Gasteiger partial charge >= 0.3 is 0 Å². The molecule has 0 bridgehead atoms. The van der Waals surface area contributed by atoms with E-state index in [4.69, 9.17) is 9.47 Å². The van der Waals surface area contributed by atoms with E-state index in [9.17, 15) is 4.39 Å². The first-order chi connectivity index (χ1) is 14.6. The van der Waals surface area contributed by atoms with E-state index < -0.39 is 0 Å². The monoisotopic (exact) mass is 421 g/mol. The van der Waals surface area contributed by atoms with Crippen LogP contribution in [0.25, 0.3) is 0 Å². The lowest BCUT2D eigenvalue weighted by atomic mass is 10.1. The summed E-state index contributed by atoms with van der Waals surface area (Å²) >= 11 is 0. The molecule has 0 saturated carbocycles. The summed E-state index contributed by atoms with van der Waals surface area (Å²) in [6.07, 6.45) is 1.14. The van der Waals surface area contributed by atoms with Crippen molar-refractivity contribution in [3.63, 3.8) is 0 Å². The highest BCUT2D eigenvalue weighted by Gasteiger charge is 2.19. The minimum absolute atomic E-state index is 0.109. The smallest absolute Gasteiger partial charge is 0.191 e. The van der Waals surface area contributed by atoms with Gasteiger partial charge in [-0.2, -0.15) is 0 Å². The van der Waals surface area contributed by atoms with Crippen molar-refractivity contribution in [1.82, 2.24) is 15.5 Å². The molecule has 0 aromatic heterocycles. The molecule has 0 spiro atoms. The molecule has 2 fully saturated rings. The standard InChI is InChI=1S/C22H36FN5O2/c1-4-27-8-10-28(11-9-27)21-6-5-18(13-20(21)23)14-25-22(24-3)26-17(2)15-30-19-7-12-29-16-19/h5-6,13,17,19H,4,7-12,14-16H2,1-3H3,(H2,24,25,26). The maximum Gasteiger partial charge on any atom is 0.191 e. The van der Waals surface area contributed by atoms with E-state index in [1.807, 2.05) is 12.1 Å². The third-order valence-electron chi connectivity index (χ3n) is 5.71. The molecule has 2 aliphatic rings. The van der Waals surface area contributed by atoms with E-state index in [-0.39, 0.29) is 18.0 Å². The molecule has 3 rings (SSSR count). The minimum Gasteiger partial charge on any atom is -0.379 e. The zero-order valence-corrected chi connectivity index (χ0v) is 18.5. The third kappa shape index (κ3) is 6.55. The summed E-state index contributed by atoms with van der Waals surface area (Å²) in [4.78, 5) is 8.78. The molecular weight excluding hydrogens is 385 g/mol. The fourth-order valence-electron chi connectivity index (χ4n) is 3.80. The maximum absolute atomic E-state index is 14.7. The number of anilines is 1. The van der Waals surface area contributed by atoms with Crippen LogP contribution in [-0.4, -0.2) is 82.6 Å². The summed E-state index contributed by atoms with van der Waals surface area (Å²) in [7, 11) is 1.73. The summed E-state index contributed by atoms with van der Waals surface area (Å²) in [6, 6.07) is 5.61. The molecule has 168 valence electrons. The number of hydrogen-bond donors (Lipinski definition) is 2. The van der Waals surface area contributed by atoms with Gasteiger partial charge in [0.05, 0.1) is 25.0 Å². The van der Waals surface area contributed by atoms with Crippen molar-refractivity contribution < 1.29 is 13.9 Å². The van der Waals surface area contributed by atoms with Crippen LogP contribution < -0.4 is 15.5 Å². The quantitative estimate of drug-likeness (QED) is 0.493. The molecule has 2 saturated heterocycles. The Balaban J connectivity index is 1.45. The fraction of sp³-hybridized carbons (Fsp3) is 0.682. The van der Waals surface area contributed by atoms with Crippen molar-refractivity contribution in [3.8, 4) is 0 Å². The Morgan fingerprint density at radius 3 is 2.77 bits per heavy atom. The highest BCUT2D eigenvalue weighted by molar-refractivity contribution is 5.79. The second kappa shape index (κ2) is 11.5. The van der Waals surface area contributed by atoms with Crippen LogP contribution in [0.2, 0.25) is 0 Å². The van der Waals surface area contributed by atoms with E-state index in [1.54, 1.807) is 13.1 Å². The second-order valence-corrected chi connectivity index (χ2v) is 8.00. The van der Waals surface area contributed by atoms with Crippen LogP contribution in [0.4, 0.5) is 10.1 Å². The van der Waals surface area contributed by atoms with E-state index in [2.05, 4.69) is 39.3 Å². The fourth-order valence-corrected chi connectivity index (χ4v) is 3.80. The Labute approximate surface area is 179 Å². The molecular formula is C22H36FN5O2. The largest absolute Gasteiger partial charge is 0.379 e. The van der Waals surface area contributed by atoms with Crippen LogP contribution in [0.1, 0.15) is 25.8 Å². The molecule has 2 unspecified atom stereocenters. The lowest BCUT2D eigenvalue weighted by Crippen LogP contribution is -2.46. The highest BCUT2D eigenvalue weighted by Crippen LogP contribution is 2.22. The van der Waals surface area contributed by atoms with Gasteiger partial charge in [0.15, 0.2) is 5.96 Å². The lowest BCUT2D eigenvalue weighted by molar-refractivity contribution is 0.0347. The van der Waals surface area contributed by atoms with Gasteiger partial charge in [-0.3, -0.25) is 4.99 Å². The number of halogens is 1. The van der Waals surface area contributed by atoms with Crippen molar-refractivity contribution in [2.75, 3.05) is 64.5 Å². The number of piperazine rings is 1. The molecule has 2 N–H and O–H groups in total. The summed E-state index contributed by atoms with van der Waals surface area (Å²) in [5.74, 6) is 0.511. The number of guanidine groups is 1. The summed E-state index contributed by atoms with van der Waals surface area (Å²) < 4.78 is 25.9. The SMILES string of the molecule is CCN1CCN(c2ccc(CNC(=NC)NC(C)COC3CCOC3)cc2F)CC1. The Bertz CT molecular complexity index is 688. The zero-order valence-electron chi connectivity index (χ0n) is 18.5. The number of ether oxygens (including phenoxy) is 2. The van der Waals surface area contributed by atoms with Gasteiger partial charge in [-0.1, -0.05) is 13.0 Å². The van der Waals surface area contributed by atoms with Crippen LogP contribution in [-0.2, 0) is 16.0 Å². The van der Waals surface area contributed by atoms with Gasteiger partial charge < -0.3 is 29.9 Å².